The van der Waals surface area contributed by atoms with Crippen LogP contribution in [-0.2, 0) is 40.3 Å². The van der Waals surface area contributed by atoms with Crippen molar-refractivity contribution in [3.8, 4) is 0 Å². The molecule has 4 aliphatic rings. The Morgan fingerprint density at radius 1 is 0.755 bits per heavy atom. The Kier molecular flexibility index (Phi) is 13.7. The third-order valence-corrected chi connectivity index (χ3v) is 16.9. The number of esters is 3. The molecule has 53 heavy (non-hydrogen) atoms. The number of rotatable bonds is 12. The van der Waals surface area contributed by atoms with Gasteiger partial charge in [-0.2, -0.15) is 0 Å². The molecule has 2 aromatic carbocycles. The van der Waals surface area contributed by atoms with E-state index < -0.39 is 0 Å². The summed E-state index contributed by atoms with van der Waals surface area (Å²) in [6.45, 7) is 7.18. The second-order valence-corrected chi connectivity index (χ2v) is 19.0. The summed E-state index contributed by atoms with van der Waals surface area (Å²) in [4.78, 5) is 39.7. The first kappa shape index (κ1) is 41.4. The van der Waals surface area contributed by atoms with Gasteiger partial charge in [-0.05, 0) is 145 Å². The molecule has 0 N–H and O–H groups in total. The second-order valence-electron chi connectivity index (χ2n) is 16.7. The monoisotopic (exact) mass is 982 g/mol. The molecule has 0 amide bonds. The summed E-state index contributed by atoms with van der Waals surface area (Å²) in [5.41, 5.74) is 5.59. The van der Waals surface area contributed by atoms with Crippen molar-refractivity contribution in [2.24, 2.45) is 46.3 Å². The van der Waals surface area contributed by atoms with Crippen LogP contribution in [0.4, 0.5) is 0 Å². The summed E-state index contributed by atoms with van der Waals surface area (Å²) in [5.74, 6) is 1.87. The molecule has 4 saturated carbocycles. The Hall–Kier alpha value is -1.23. The average Bonchev–Trinajstić information content (AvgIpc) is 3.54. The van der Waals surface area contributed by atoms with Gasteiger partial charge in [0.2, 0.25) is 0 Å². The largest absolute Gasteiger partial charge is 0.469 e. The molecule has 4 aliphatic carbocycles. The van der Waals surface area contributed by atoms with E-state index in [0.717, 1.165) is 90.7 Å². The molecule has 10 heteroatoms. The molecule has 0 aliphatic heterocycles. The van der Waals surface area contributed by atoms with Gasteiger partial charge in [-0.15, -0.1) is 0 Å². The van der Waals surface area contributed by atoms with Crippen LogP contribution >= 0.6 is 63.7 Å². The van der Waals surface area contributed by atoms with Crippen LogP contribution in [-0.4, -0.2) is 37.2 Å². The Morgan fingerprint density at radius 2 is 1.36 bits per heavy atom. The first-order valence-electron chi connectivity index (χ1n) is 19.4. The maximum atomic E-state index is 14.1. The van der Waals surface area contributed by atoms with Gasteiger partial charge in [0.1, 0.15) is 12.2 Å². The zero-order chi connectivity index (χ0) is 38.1. The van der Waals surface area contributed by atoms with Gasteiger partial charge in [0.05, 0.1) is 18.2 Å². The second kappa shape index (κ2) is 17.5. The van der Waals surface area contributed by atoms with Crippen molar-refractivity contribution < 1.29 is 28.6 Å². The number of carbonyl (C=O) groups excluding carboxylic acids is 3. The molecule has 2 aromatic rings. The van der Waals surface area contributed by atoms with Crippen LogP contribution in [0.15, 0.2) is 36.4 Å². The molecule has 0 spiro atoms. The first-order chi connectivity index (χ1) is 25.4. The summed E-state index contributed by atoms with van der Waals surface area (Å²) in [6, 6.07) is 11.7. The third-order valence-electron chi connectivity index (χ3n) is 14.5. The number of benzene rings is 2. The van der Waals surface area contributed by atoms with Crippen molar-refractivity contribution in [1.29, 1.82) is 0 Å². The molecule has 0 unspecified atom stereocenters. The van der Waals surface area contributed by atoms with Crippen molar-refractivity contribution in [2.75, 3.05) is 7.11 Å². The lowest BCUT2D eigenvalue weighted by Gasteiger charge is -2.62. The summed E-state index contributed by atoms with van der Waals surface area (Å²) in [7, 11) is 1.46. The fraction of sp³-hybridized carbons (Fsp3) is 0.651. The molecule has 0 bridgehead atoms. The predicted octanol–water partition coefficient (Wildman–Crippen LogP) is 11.9. The number of halogens is 4. The number of alkyl halides is 4. The van der Waals surface area contributed by atoms with Gasteiger partial charge in [-0.25, -0.2) is 9.59 Å². The van der Waals surface area contributed by atoms with E-state index in [2.05, 4.69) is 84.5 Å². The smallest absolute Gasteiger partial charge is 0.338 e. The van der Waals surface area contributed by atoms with E-state index in [1.165, 1.54) is 7.11 Å². The van der Waals surface area contributed by atoms with E-state index in [1.807, 2.05) is 36.4 Å². The van der Waals surface area contributed by atoms with Gasteiger partial charge in [0.15, 0.2) is 0 Å². The van der Waals surface area contributed by atoms with E-state index in [4.69, 9.17) is 14.2 Å². The highest BCUT2D eigenvalue weighted by molar-refractivity contribution is 9.09. The van der Waals surface area contributed by atoms with Crippen LogP contribution in [0, 0.1) is 46.3 Å². The molecule has 0 radical (unpaired) electrons. The fourth-order valence-electron chi connectivity index (χ4n) is 11.5. The van der Waals surface area contributed by atoms with Gasteiger partial charge in [0.25, 0.3) is 0 Å². The summed E-state index contributed by atoms with van der Waals surface area (Å²) < 4.78 is 18.0. The van der Waals surface area contributed by atoms with E-state index in [9.17, 15) is 14.4 Å². The summed E-state index contributed by atoms with van der Waals surface area (Å²) in [6.07, 6.45) is 8.93. The Bertz CT molecular complexity index is 1660. The molecule has 290 valence electrons. The van der Waals surface area contributed by atoms with Crippen LogP contribution in [0.1, 0.15) is 128 Å². The molecular formula is C43H54Br4O6. The molecule has 10 atom stereocenters. The molecule has 0 saturated heterocycles. The van der Waals surface area contributed by atoms with Crippen molar-refractivity contribution >= 4 is 81.6 Å². The van der Waals surface area contributed by atoms with E-state index in [1.54, 1.807) is 0 Å². The SMILES string of the molecule is COC(=O)CC[C@@H](C)[C@H]1CC[C@H]2[C@@H]3CC[C@@H]4C[C@H](OC(=O)c5ccc(CBr)c(CBr)c5)CC[C@]4(C)[C@H]3C[C@H](OC(=O)c3ccc(CBr)c(CBr)c3)[C@]12C. The first-order valence-corrected chi connectivity index (χ1v) is 23.9. The highest BCUT2D eigenvalue weighted by atomic mass is 79.9. The van der Waals surface area contributed by atoms with Gasteiger partial charge in [-0.3, -0.25) is 4.79 Å². The minimum Gasteiger partial charge on any atom is -0.469 e. The van der Waals surface area contributed by atoms with Gasteiger partial charge in [0, 0.05) is 33.2 Å². The quantitative estimate of drug-likeness (QED) is 0.120. The third kappa shape index (κ3) is 8.14. The number of hydrogen-bond donors (Lipinski definition) is 0. The standard InChI is InChI=1S/C43H54Br4O6/c1-25(5-14-39(48)51-4)35-12-13-36-34-11-10-32-19-33(52-40(49)26-6-8-28(21-44)30(17-26)23-46)15-16-42(32,2)37(34)20-38(43(35,36)3)53-41(50)27-7-9-29(22-45)31(18-27)24-47/h6-9,17-18,25,32-38H,5,10-16,19-24H2,1-4H3/t25-,32-,33-,34+,35-,36+,37+,38+,42+,43-/m1/s1. The molecule has 0 heterocycles. The number of fused-ring (bicyclic) bond motifs is 5. The maximum absolute atomic E-state index is 14.1. The van der Waals surface area contributed by atoms with Crippen molar-refractivity contribution in [3.63, 3.8) is 0 Å². The fourth-order valence-corrected chi connectivity index (χ4v) is 13.6. The number of methoxy groups -OCH3 is 1. The Morgan fingerprint density at radius 3 is 1.94 bits per heavy atom. The molecule has 0 aromatic heterocycles. The van der Waals surface area contributed by atoms with Gasteiger partial charge < -0.3 is 14.2 Å². The number of hydrogen-bond acceptors (Lipinski definition) is 6. The Balaban J connectivity index is 1.24. The van der Waals surface area contributed by atoms with Gasteiger partial charge in [-0.1, -0.05) is 96.6 Å². The topological polar surface area (TPSA) is 78.9 Å². The lowest BCUT2D eigenvalue weighted by molar-refractivity contribution is -0.176. The van der Waals surface area contributed by atoms with Crippen LogP contribution in [0.2, 0.25) is 0 Å². The molecule has 4 fully saturated rings. The minimum atomic E-state index is -0.245. The zero-order valence-corrected chi connectivity index (χ0v) is 37.8. The average molecular weight is 987 g/mol. The summed E-state index contributed by atoms with van der Waals surface area (Å²) in [5, 5.41) is 2.82. The summed E-state index contributed by atoms with van der Waals surface area (Å²) >= 11 is 14.3. The maximum Gasteiger partial charge on any atom is 0.338 e. The lowest BCUT2D eigenvalue weighted by atomic mass is 9.43. The molecule has 6 nitrogen and oxygen atoms in total. The highest BCUT2D eigenvalue weighted by Gasteiger charge is 2.65. The van der Waals surface area contributed by atoms with Crippen LogP contribution in [0.25, 0.3) is 0 Å². The van der Waals surface area contributed by atoms with Crippen LogP contribution < -0.4 is 0 Å². The van der Waals surface area contributed by atoms with E-state index in [-0.39, 0.29) is 40.9 Å². The van der Waals surface area contributed by atoms with Crippen molar-refractivity contribution in [2.45, 2.75) is 119 Å². The van der Waals surface area contributed by atoms with Crippen LogP contribution in [0.5, 0.6) is 0 Å². The van der Waals surface area contributed by atoms with Crippen molar-refractivity contribution in [1.82, 2.24) is 0 Å². The Labute approximate surface area is 349 Å². The number of ether oxygens (including phenoxy) is 3. The zero-order valence-electron chi connectivity index (χ0n) is 31.4. The highest BCUT2D eigenvalue weighted by Crippen LogP contribution is 2.69. The van der Waals surface area contributed by atoms with Gasteiger partial charge >= 0.3 is 17.9 Å². The normalized spacial score (nSPS) is 32.5. The minimum absolute atomic E-state index is 0.0771. The van der Waals surface area contributed by atoms with E-state index in [0.29, 0.717) is 63.7 Å². The molecular weight excluding hydrogens is 932 g/mol. The van der Waals surface area contributed by atoms with Crippen molar-refractivity contribution in [3.05, 3.63) is 69.8 Å². The van der Waals surface area contributed by atoms with E-state index >= 15 is 0 Å². The number of carbonyl (C=O) groups is 3. The predicted molar refractivity (Wildman–Crippen MR) is 223 cm³/mol. The molecule has 6 rings (SSSR count). The lowest BCUT2D eigenvalue weighted by Crippen LogP contribution is -2.59. The van der Waals surface area contributed by atoms with Crippen LogP contribution in [0.3, 0.4) is 0 Å².